The van der Waals surface area contributed by atoms with Crippen molar-refractivity contribution in [1.82, 2.24) is 5.06 Å². The molecule has 1 rings (SSSR count). The summed E-state index contributed by atoms with van der Waals surface area (Å²) < 4.78 is 247. The average Bonchev–Trinajstić information content (AvgIpc) is 1.73. The predicted molar refractivity (Wildman–Crippen MR) is 515 cm³/mol. The number of methoxy groups -OCH3 is 1. The third kappa shape index (κ3) is 123. The molecule has 50 heteroatoms. The van der Waals surface area contributed by atoms with Crippen molar-refractivity contribution in [2.45, 2.75) is 12.8 Å². The smallest absolute Gasteiger partial charge is 0.358 e. The van der Waals surface area contributed by atoms with Crippen LogP contribution in [-0.2, 0) is 232 Å². The summed E-state index contributed by atoms with van der Waals surface area (Å²) in [5.41, 5.74) is 0. The normalized spacial score (nSPS) is 12.4. The average molecular weight is 2130 g/mol. The first-order chi connectivity index (χ1) is 72.1. The molecule has 0 radical (unpaired) electrons. The first kappa shape index (κ1) is 140. The van der Waals surface area contributed by atoms with Gasteiger partial charge in [-0.1, -0.05) is 0 Å². The van der Waals surface area contributed by atoms with E-state index >= 15 is 0 Å². The molecule has 0 spiro atoms. The van der Waals surface area contributed by atoms with Gasteiger partial charge in [0, 0.05) is 20.0 Å². The van der Waals surface area contributed by atoms with Crippen LogP contribution in [0.4, 0.5) is 0 Å². The molecule has 0 aromatic rings. The molecule has 0 saturated carbocycles. The second-order valence-corrected chi connectivity index (χ2v) is 29.4. The monoisotopic (exact) mass is 2120 g/mol. The lowest BCUT2D eigenvalue weighted by atomic mass is 10.4. The Morgan fingerprint density at radius 1 is 0.138 bits per heavy atom. The third-order valence-electron chi connectivity index (χ3n) is 17.8. The largest absolute Gasteiger partial charge is 0.382 e. The van der Waals surface area contributed by atoms with Gasteiger partial charge in [-0.25, -0.2) is 4.79 Å². The van der Waals surface area contributed by atoms with Crippen LogP contribution in [0.1, 0.15) is 12.8 Å². The van der Waals surface area contributed by atoms with Gasteiger partial charge in [0.15, 0.2) is 0 Å². The minimum Gasteiger partial charge on any atom is -0.382 e. The van der Waals surface area contributed by atoms with Gasteiger partial charge in [0.1, 0.15) is 6.61 Å². The minimum absolute atomic E-state index is 0.0312. The van der Waals surface area contributed by atoms with Crippen LogP contribution < -0.4 is 0 Å². The number of ether oxygens (including phenoxy) is 45. The van der Waals surface area contributed by atoms with Crippen molar-refractivity contribution in [3.05, 3.63) is 0 Å². The molecule has 1 fully saturated rings. The Morgan fingerprint density at radius 3 is 0.297 bits per heavy atom. The molecule has 0 atom stereocenters. The molecule has 145 heavy (non-hydrogen) atoms. The fraction of sp³-hybridized carbons (Fsp3) is 0.968. The van der Waals surface area contributed by atoms with E-state index in [4.69, 9.17) is 218 Å². The maximum absolute atomic E-state index is 11.7. The fourth-order valence-electron chi connectivity index (χ4n) is 10.5. The van der Waals surface area contributed by atoms with Crippen LogP contribution in [-0.4, -0.2) is 618 Å². The van der Waals surface area contributed by atoms with E-state index in [9.17, 15) is 14.4 Å². The van der Waals surface area contributed by atoms with Crippen LogP contribution in [0.3, 0.4) is 0 Å². The molecular weight excluding hydrogens is 1940 g/mol. The van der Waals surface area contributed by atoms with Crippen molar-refractivity contribution >= 4 is 17.8 Å². The Bertz CT molecular complexity index is 2240. The SMILES string of the molecule is COCCOCCOCCOCCOCCOCCOCCOCCOCCOCCOCCOCCOCCOCCOCCOCCOCCOCCOCCOCCOCCOCCOCCOCCOCCOCCOCCOCCOCCOCCOCCOCCOCCOCCOCCOCCOCCOCCOCCOCCOCCOCCOCCOCCOCC(=O)ON1C(=O)CCC1=O. The van der Waals surface area contributed by atoms with Crippen LogP contribution >= 0.6 is 0 Å². The summed E-state index contributed by atoms with van der Waals surface area (Å²) in [6, 6.07) is 0. The molecule has 0 aromatic heterocycles. The summed E-state index contributed by atoms with van der Waals surface area (Å²) >= 11 is 0. The highest BCUT2D eigenvalue weighted by molar-refractivity contribution is 6.01. The molecular formula is C95H185NO49. The van der Waals surface area contributed by atoms with Crippen molar-refractivity contribution in [3.8, 4) is 0 Å². The quantitative estimate of drug-likeness (QED) is 0.0570. The van der Waals surface area contributed by atoms with Gasteiger partial charge < -0.3 is 218 Å². The number of hydrogen-bond acceptors (Lipinski definition) is 49. The first-order valence-electron chi connectivity index (χ1n) is 51.1. The Labute approximate surface area is 859 Å². The number of carbonyl (C=O) groups excluding carboxylic acids is 3. The van der Waals surface area contributed by atoms with Crippen molar-refractivity contribution in [1.29, 1.82) is 0 Å². The number of amides is 2. The Hall–Kier alpha value is -3.19. The molecule has 2 amide bonds. The number of nitrogens with zero attached hydrogens (tertiary/aromatic N) is 1. The predicted octanol–water partition coefficient (Wildman–Crippen LogP) is -0.0296. The summed E-state index contributed by atoms with van der Waals surface area (Å²) in [6.45, 7) is 40.5. The summed E-state index contributed by atoms with van der Waals surface area (Å²) in [5.74, 6) is -1.92. The van der Waals surface area contributed by atoms with Gasteiger partial charge in [-0.15, -0.1) is 5.06 Å². The Morgan fingerprint density at radius 2 is 0.214 bits per heavy atom. The molecule has 1 heterocycles. The summed E-state index contributed by atoms with van der Waals surface area (Å²) in [4.78, 5) is 39.3. The van der Waals surface area contributed by atoms with Crippen molar-refractivity contribution < 1.29 is 232 Å². The number of hydroxylamine groups is 2. The summed E-state index contributed by atoms with van der Waals surface area (Å²) in [6.07, 6.45) is 0.0624. The topological polar surface area (TPSA) is 479 Å². The van der Waals surface area contributed by atoms with Gasteiger partial charge >= 0.3 is 5.97 Å². The molecule has 1 aliphatic heterocycles. The molecule has 0 N–H and O–H groups in total. The lowest BCUT2D eigenvalue weighted by Crippen LogP contribution is -2.33. The van der Waals surface area contributed by atoms with E-state index in [2.05, 4.69) is 0 Å². The zero-order valence-corrected chi connectivity index (χ0v) is 87.3. The number of hydrogen-bond donors (Lipinski definition) is 0. The Kier molecular flexibility index (Phi) is 125. The van der Waals surface area contributed by atoms with Gasteiger partial charge in [0.2, 0.25) is 0 Å². The molecule has 864 valence electrons. The van der Waals surface area contributed by atoms with Crippen molar-refractivity contribution in [2.75, 3.05) is 595 Å². The third-order valence-corrected chi connectivity index (χ3v) is 17.8. The van der Waals surface area contributed by atoms with E-state index in [-0.39, 0.29) is 26.1 Å². The molecule has 1 saturated heterocycles. The van der Waals surface area contributed by atoms with Crippen molar-refractivity contribution in [3.63, 3.8) is 0 Å². The lowest BCUT2D eigenvalue weighted by Gasteiger charge is -2.12. The van der Waals surface area contributed by atoms with Crippen LogP contribution in [0, 0.1) is 0 Å². The van der Waals surface area contributed by atoms with E-state index < -0.39 is 24.4 Å². The van der Waals surface area contributed by atoms with Crippen molar-refractivity contribution in [2.24, 2.45) is 0 Å². The van der Waals surface area contributed by atoms with E-state index in [1.807, 2.05) is 0 Å². The van der Waals surface area contributed by atoms with Crippen LogP contribution in [0.25, 0.3) is 0 Å². The molecule has 0 bridgehead atoms. The lowest BCUT2D eigenvalue weighted by molar-refractivity contribution is -0.200. The standard InChI is InChI=1S/C95H185NO49/c1-100-4-5-101-6-7-102-8-9-103-10-11-104-12-13-105-14-15-106-16-17-107-18-19-108-20-21-109-22-23-110-24-25-111-26-27-112-28-29-113-30-31-114-32-33-115-34-35-116-36-37-117-38-39-118-40-41-119-42-43-120-44-45-121-46-47-122-48-49-123-50-51-124-52-53-125-54-55-126-56-57-127-58-59-128-60-61-129-62-63-130-64-65-131-66-67-132-68-69-133-70-71-134-72-73-135-74-75-136-76-77-137-78-79-138-80-81-139-82-83-140-84-85-141-86-87-142-88-89-143-90-91-144-92-95(99)145-96-93(97)2-3-94(96)98/h2-92H2,1H3. The molecule has 0 aliphatic carbocycles. The van der Waals surface area contributed by atoms with Gasteiger partial charge in [-0.3, -0.25) is 9.59 Å². The molecule has 1 aliphatic rings. The highest BCUT2D eigenvalue weighted by atomic mass is 16.7. The minimum atomic E-state index is -0.830. The van der Waals surface area contributed by atoms with Crippen LogP contribution in [0.15, 0.2) is 0 Å². The van der Waals surface area contributed by atoms with E-state index in [1.54, 1.807) is 7.11 Å². The second-order valence-electron chi connectivity index (χ2n) is 29.4. The Balaban J connectivity index is 1.58. The van der Waals surface area contributed by atoms with E-state index in [1.165, 1.54) is 0 Å². The van der Waals surface area contributed by atoms with E-state index in [0.29, 0.717) is 573 Å². The second kappa shape index (κ2) is 129. The highest BCUT2D eigenvalue weighted by Gasteiger charge is 2.33. The summed E-state index contributed by atoms with van der Waals surface area (Å²) in [5, 5.41) is 0.478. The van der Waals surface area contributed by atoms with E-state index in [0.717, 1.165) is 0 Å². The summed E-state index contributed by atoms with van der Waals surface area (Å²) in [7, 11) is 1.64. The van der Waals surface area contributed by atoms with Crippen LogP contribution in [0.5, 0.6) is 0 Å². The number of imide groups is 1. The van der Waals surface area contributed by atoms with Gasteiger partial charge in [-0.2, -0.15) is 0 Å². The van der Waals surface area contributed by atoms with Gasteiger partial charge in [0.25, 0.3) is 11.8 Å². The zero-order valence-electron chi connectivity index (χ0n) is 87.3. The molecule has 0 unspecified atom stereocenters. The van der Waals surface area contributed by atoms with Gasteiger partial charge in [0.05, 0.1) is 581 Å². The zero-order chi connectivity index (χ0) is 103. The number of rotatable bonds is 135. The fourth-order valence-corrected chi connectivity index (χ4v) is 10.5. The molecule has 50 nitrogen and oxygen atoms in total. The molecule has 0 aromatic carbocycles. The van der Waals surface area contributed by atoms with Gasteiger partial charge in [-0.05, 0) is 0 Å². The maximum Gasteiger partial charge on any atom is 0.358 e. The highest BCUT2D eigenvalue weighted by Crippen LogP contribution is 2.12. The maximum atomic E-state index is 11.7. The first-order valence-corrected chi connectivity index (χ1v) is 51.1. The van der Waals surface area contributed by atoms with Crippen LogP contribution in [0.2, 0.25) is 0 Å². The number of carbonyl (C=O) groups is 3.